The molecule has 4 aromatic rings. The molecule has 5 rings (SSSR count). The second-order valence-electron chi connectivity index (χ2n) is 8.22. The van der Waals surface area contributed by atoms with E-state index >= 15 is 0 Å². The topological polar surface area (TPSA) is 64.0 Å². The summed E-state index contributed by atoms with van der Waals surface area (Å²) in [5, 5.41) is 3.74. The number of halogens is 1. The van der Waals surface area contributed by atoms with Gasteiger partial charge in [0, 0.05) is 4.88 Å². The zero-order chi connectivity index (χ0) is 22.9. The third-order valence-corrected chi connectivity index (χ3v) is 7.88. The lowest BCUT2D eigenvalue weighted by atomic mass is 9.89. The molecule has 5 nitrogen and oxygen atoms in total. The molecule has 1 aliphatic rings. The second kappa shape index (κ2) is 9.11. The summed E-state index contributed by atoms with van der Waals surface area (Å²) in [6.45, 7) is 2.23. The van der Waals surface area contributed by atoms with Gasteiger partial charge in [-0.1, -0.05) is 49.0 Å². The molecule has 8 heteroatoms. The van der Waals surface area contributed by atoms with Crippen LogP contribution in [0.2, 0.25) is 0 Å². The fraction of sp³-hybridized carbons (Fsp3) is 0.240. The van der Waals surface area contributed by atoms with E-state index in [0.29, 0.717) is 22.1 Å². The quantitative estimate of drug-likeness (QED) is 0.306. The Kier molecular flexibility index (Phi) is 6.03. The number of para-hydroxylation sites is 2. The van der Waals surface area contributed by atoms with Gasteiger partial charge in [0.2, 0.25) is 5.91 Å². The van der Waals surface area contributed by atoms with Gasteiger partial charge < -0.3 is 5.32 Å². The lowest BCUT2D eigenvalue weighted by Crippen LogP contribution is -2.23. The number of thiophene rings is 1. The van der Waals surface area contributed by atoms with Crippen LogP contribution in [0.5, 0.6) is 0 Å². The number of hydrogen-bond acceptors (Lipinski definition) is 5. The predicted molar refractivity (Wildman–Crippen MR) is 132 cm³/mol. The Hall–Kier alpha value is -2.97. The van der Waals surface area contributed by atoms with Crippen LogP contribution in [-0.2, 0) is 17.6 Å². The minimum absolute atomic E-state index is 0.00123. The van der Waals surface area contributed by atoms with E-state index in [1.165, 1.54) is 28.8 Å². The number of nitrogens with one attached hydrogen (secondary N) is 1. The van der Waals surface area contributed by atoms with Crippen molar-refractivity contribution >= 4 is 44.9 Å². The monoisotopic (exact) mass is 479 g/mol. The van der Waals surface area contributed by atoms with Crippen molar-refractivity contribution in [3.8, 4) is 5.69 Å². The number of carbonyl (C=O) groups is 1. The van der Waals surface area contributed by atoms with Crippen molar-refractivity contribution in [3.63, 3.8) is 0 Å². The summed E-state index contributed by atoms with van der Waals surface area (Å²) in [5.41, 5.74) is 1.87. The lowest BCUT2D eigenvalue weighted by molar-refractivity contribution is -0.113. The zero-order valence-corrected chi connectivity index (χ0v) is 19.6. The number of fused-ring (bicyclic) bond motifs is 3. The smallest absolute Gasteiger partial charge is 0.267 e. The highest BCUT2D eigenvalue weighted by Crippen LogP contribution is 2.37. The van der Waals surface area contributed by atoms with E-state index in [-0.39, 0.29) is 22.9 Å². The van der Waals surface area contributed by atoms with Gasteiger partial charge in [-0.15, -0.1) is 11.3 Å². The number of thioether (sulfide) groups is 1. The molecule has 1 atom stereocenters. The summed E-state index contributed by atoms with van der Waals surface area (Å²) in [6, 6.07) is 15.4. The molecule has 1 amide bonds. The normalized spacial score (nSPS) is 15.4. The van der Waals surface area contributed by atoms with Gasteiger partial charge in [0.15, 0.2) is 5.16 Å². The zero-order valence-electron chi connectivity index (χ0n) is 18.0. The van der Waals surface area contributed by atoms with Gasteiger partial charge in [0.1, 0.15) is 10.6 Å². The Balaban J connectivity index is 1.52. The van der Waals surface area contributed by atoms with Gasteiger partial charge in [-0.3, -0.25) is 14.2 Å². The van der Waals surface area contributed by atoms with Crippen LogP contribution in [0.4, 0.5) is 10.1 Å². The summed E-state index contributed by atoms with van der Waals surface area (Å²) < 4.78 is 15.5. The van der Waals surface area contributed by atoms with Gasteiger partial charge in [-0.05, 0) is 55.0 Å². The number of rotatable bonds is 5. The Bertz CT molecular complexity index is 1400. The number of amides is 1. The van der Waals surface area contributed by atoms with Crippen molar-refractivity contribution < 1.29 is 9.18 Å². The first-order chi connectivity index (χ1) is 16.0. The number of carbonyl (C=O) groups excluding carboxylic acids is 1. The fourth-order valence-electron chi connectivity index (χ4n) is 4.15. The third kappa shape index (κ3) is 4.32. The summed E-state index contributed by atoms with van der Waals surface area (Å²) in [4.78, 5) is 33.0. The van der Waals surface area contributed by atoms with Crippen molar-refractivity contribution in [1.29, 1.82) is 0 Å². The maximum absolute atomic E-state index is 13.9. The molecule has 0 saturated carbocycles. The molecule has 1 unspecified atom stereocenters. The van der Waals surface area contributed by atoms with E-state index in [0.717, 1.165) is 29.7 Å². The predicted octanol–water partition coefficient (Wildman–Crippen LogP) is 5.44. The van der Waals surface area contributed by atoms with E-state index in [2.05, 4.69) is 12.2 Å². The van der Waals surface area contributed by atoms with E-state index in [1.54, 1.807) is 28.0 Å². The van der Waals surface area contributed by atoms with Crippen LogP contribution in [0, 0.1) is 11.7 Å². The molecule has 0 aliphatic heterocycles. The van der Waals surface area contributed by atoms with E-state index in [1.807, 2.05) is 30.3 Å². The summed E-state index contributed by atoms with van der Waals surface area (Å²) in [7, 11) is 0. The Morgan fingerprint density at radius 3 is 2.76 bits per heavy atom. The number of hydrogen-bond donors (Lipinski definition) is 1. The first-order valence-electron chi connectivity index (χ1n) is 10.8. The molecule has 2 aromatic carbocycles. The van der Waals surface area contributed by atoms with Gasteiger partial charge >= 0.3 is 0 Å². The van der Waals surface area contributed by atoms with Gasteiger partial charge in [-0.2, -0.15) is 0 Å². The van der Waals surface area contributed by atoms with Crippen molar-refractivity contribution in [2.24, 2.45) is 5.92 Å². The molecule has 0 fully saturated rings. The van der Waals surface area contributed by atoms with Crippen LogP contribution in [0.1, 0.15) is 23.8 Å². The van der Waals surface area contributed by atoms with Crippen LogP contribution < -0.4 is 10.9 Å². The molecular weight excluding hydrogens is 457 g/mol. The highest BCUT2D eigenvalue weighted by atomic mass is 32.2. The van der Waals surface area contributed by atoms with Gasteiger partial charge in [-0.25, -0.2) is 9.37 Å². The molecule has 2 aromatic heterocycles. The Morgan fingerprint density at radius 2 is 1.97 bits per heavy atom. The number of anilines is 1. The highest BCUT2D eigenvalue weighted by molar-refractivity contribution is 7.99. The second-order valence-corrected chi connectivity index (χ2v) is 10.2. The first kappa shape index (κ1) is 21.9. The van der Waals surface area contributed by atoms with Crippen LogP contribution in [-0.4, -0.2) is 21.2 Å². The van der Waals surface area contributed by atoms with Crippen LogP contribution in [0.25, 0.3) is 15.9 Å². The molecule has 168 valence electrons. The first-order valence-corrected chi connectivity index (χ1v) is 12.6. The minimum Gasteiger partial charge on any atom is -0.323 e. The maximum Gasteiger partial charge on any atom is 0.267 e. The van der Waals surface area contributed by atoms with Crippen LogP contribution in [0.15, 0.2) is 64.5 Å². The number of aryl methyl sites for hydroxylation is 1. The number of benzene rings is 2. The van der Waals surface area contributed by atoms with Gasteiger partial charge in [0.05, 0.1) is 22.5 Å². The third-order valence-electron chi connectivity index (χ3n) is 5.79. The average molecular weight is 480 g/mol. The van der Waals surface area contributed by atoms with E-state index in [4.69, 9.17) is 4.98 Å². The maximum atomic E-state index is 13.9. The molecule has 0 saturated heterocycles. The molecule has 1 N–H and O–H groups in total. The van der Waals surface area contributed by atoms with E-state index in [9.17, 15) is 14.0 Å². The van der Waals surface area contributed by atoms with Crippen LogP contribution >= 0.6 is 23.1 Å². The molecule has 33 heavy (non-hydrogen) atoms. The van der Waals surface area contributed by atoms with Crippen molar-refractivity contribution in [2.75, 3.05) is 11.1 Å². The van der Waals surface area contributed by atoms with Gasteiger partial charge in [0.25, 0.3) is 5.56 Å². The minimum atomic E-state index is -0.491. The lowest BCUT2D eigenvalue weighted by Gasteiger charge is -2.17. The average Bonchev–Trinajstić information content (AvgIpc) is 3.17. The van der Waals surface area contributed by atoms with Crippen molar-refractivity contribution in [3.05, 3.63) is 81.2 Å². The fourth-order valence-corrected chi connectivity index (χ4v) is 6.39. The molecule has 0 spiro atoms. The van der Waals surface area contributed by atoms with E-state index < -0.39 is 5.82 Å². The van der Waals surface area contributed by atoms with Crippen molar-refractivity contribution in [1.82, 2.24) is 9.55 Å². The highest BCUT2D eigenvalue weighted by Gasteiger charge is 2.25. The summed E-state index contributed by atoms with van der Waals surface area (Å²) >= 11 is 2.76. The SMILES string of the molecule is CC1CCc2c(sc3nc(SCC(=O)Nc4ccccc4F)n(-c4ccccc4)c(=O)c23)C1. The summed E-state index contributed by atoms with van der Waals surface area (Å²) in [6.07, 6.45) is 2.92. The number of nitrogens with zero attached hydrogens (tertiary/aromatic N) is 2. The molecule has 0 bridgehead atoms. The standard InChI is InChI=1S/C25H22FN3O2S2/c1-15-11-12-17-20(13-15)33-23-22(17)24(31)29(16-7-3-2-4-8-16)25(28-23)32-14-21(30)27-19-10-6-5-9-18(19)26/h2-10,15H,11-14H2,1H3,(H,27,30). The molecule has 0 radical (unpaired) electrons. The summed E-state index contributed by atoms with van der Waals surface area (Å²) in [5.74, 6) is -0.257. The Morgan fingerprint density at radius 1 is 1.21 bits per heavy atom. The Labute approximate surface area is 198 Å². The van der Waals surface area contributed by atoms with Crippen LogP contribution in [0.3, 0.4) is 0 Å². The molecule has 2 heterocycles. The number of aromatic nitrogens is 2. The van der Waals surface area contributed by atoms with Crippen molar-refractivity contribution in [2.45, 2.75) is 31.3 Å². The molecular formula is C25H22FN3O2S2. The molecule has 1 aliphatic carbocycles. The largest absolute Gasteiger partial charge is 0.323 e.